The Bertz CT molecular complexity index is 615. The minimum absolute atomic E-state index is 0.0536. The van der Waals surface area contributed by atoms with Crippen molar-refractivity contribution in [3.63, 3.8) is 0 Å². The second kappa shape index (κ2) is 8.77. The third-order valence-corrected chi connectivity index (χ3v) is 5.14. The van der Waals surface area contributed by atoms with E-state index in [9.17, 15) is 5.11 Å². The summed E-state index contributed by atoms with van der Waals surface area (Å²) in [6.07, 6.45) is 6.89. The molecule has 0 aliphatic heterocycles. The smallest absolute Gasteiger partial charge is 0.172 e. The zero-order valence-electron chi connectivity index (χ0n) is 15.2. The molecule has 24 heavy (non-hydrogen) atoms. The minimum Gasteiger partial charge on any atom is -0.504 e. The van der Waals surface area contributed by atoms with Crippen LogP contribution in [0.25, 0.3) is 0 Å². The summed E-state index contributed by atoms with van der Waals surface area (Å²) >= 11 is 0. The molecule has 0 amide bonds. The standard InChI is InChI=1S/C22H30O2/c1-4-7-11-17-22(5-2,6-3)19-15-12-16-20(23)21(19)24-18-13-9-8-10-14-18/h8-10,12-16,23H,4-7,11,17H2,1-3H3. The Morgan fingerprint density at radius 2 is 1.58 bits per heavy atom. The number of phenols is 1. The Balaban J connectivity index is 2.41. The first kappa shape index (κ1) is 18.4. The van der Waals surface area contributed by atoms with Gasteiger partial charge in [0.25, 0.3) is 0 Å². The van der Waals surface area contributed by atoms with E-state index in [1.807, 2.05) is 36.4 Å². The van der Waals surface area contributed by atoms with Crippen LogP contribution in [0.15, 0.2) is 48.5 Å². The molecular weight excluding hydrogens is 296 g/mol. The minimum atomic E-state index is 0.0536. The summed E-state index contributed by atoms with van der Waals surface area (Å²) in [6.45, 7) is 6.72. The number of hydrogen-bond donors (Lipinski definition) is 1. The molecule has 0 aliphatic rings. The van der Waals surface area contributed by atoms with Gasteiger partial charge in [0.05, 0.1) is 0 Å². The van der Waals surface area contributed by atoms with Gasteiger partial charge in [0.1, 0.15) is 5.75 Å². The number of phenolic OH excluding ortho intramolecular Hbond substituents is 1. The van der Waals surface area contributed by atoms with Crippen LogP contribution in [0.1, 0.15) is 64.9 Å². The Hall–Kier alpha value is -1.96. The maximum absolute atomic E-state index is 10.5. The van der Waals surface area contributed by atoms with Crippen LogP contribution in [0.4, 0.5) is 0 Å². The molecule has 0 saturated heterocycles. The fraction of sp³-hybridized carbons (Fsp3) is 0.455. The van der Waals surface area contributed by atoms with Crippen LogP contribution in [0.2, 0.25) is 0 Å². The van der Waals surface area contributed by atoms with Gasteiger partial charge in [0.2, 0.25) is 0 Å². The van der Waals surface area contributed by atoms with Crippen molar-refractivity contribution in [2.75, 3.05) is 0 Å². The second-order valence-corrected chi connectivity index (χ2v) is 6.51. The molecule has 0 heterocycles. The van der Waals surface area contributed by atoms with E-state index in [2.05, 4.69) is 26.8 Å². The molecule has 2 heteroatoms. The van der Waals surface area contributed by atoms with Crippen molar-refractivity contribution in [2.45, 2.75) is 64.7 Å². The molecule has 0 fully saturated rings. The number of hydrogen-bond acceptors (Lipinski definition) is 2. The molecule has 2 aromatic rings. The predicted octanol–water partition coefficient (Wildman–Crippen LogP) is 6.82. The molecule has 0 spiro atoms. The van der Waals surface area contributed by atoms with Gasteiger partial charge in [0.15, 0.2) is 11.5 Å². The lowest BCUT2D eigenvalue weighted by molar-refractivity contribution is 0.328. The number of ether oxygens (including phenoxy) is 1. The number of para-hydroxylation sites is 2. The summed E-state index contributed by atoms with van der Waals surface area (Å²) in [6, 6.07) is 15.5. The van der Waals surface area contributed by atoms with Crippen LogP contribution in [-0.4, -0.2) is 5.11 Å². The van der Waals surface area contributed by atoms with E-state index in [0.29, 0.717) is 5.75 Å². The summed E-state index contributed by atoms with van der Waals surface area (Å²) in [4.78, 5) is 0. The van der Waals surface area contributed by atoms with Gasteiger partial charge in [-0.1, -0.05) is 70.4 Å². The van der Waals surface area contributed by atoms with Crippen molar-refractivity contribution >= 4 is 0 Å². The highest BCUT2D eigenvalue weighted by molar-refractivity contribution is 5.51. The highest BCUT2D eigenvalue weighted by Crippen LogP contribution is 2.46. The van der Waals surface area contributed by atoms with Gasteiger partial charge in [-0.05, 0) is 42.9 Å². The lowest BCUT2D eigenvalue weighted by Gasteiger charge is -2.34. The van der Waals surface area contributed by atoms with E-state index in [1.165, 1.54) is 19.3 Å². The molecular formula is C22H30O2. The number of benzene rings is 2. The average Bonchev–Trinajstić information content (AvgIpc) is 2.62. The summed E-state index contributed by atoms with van der Waals surface area (Å²) in [5, 5.41) is 10.5. The van der Waals surface area contributed by atoms with E-state index >= 15 is 0 Å². The molecule has 2 rings (SSSR count). The molecule has 0 atom stereocenters. The molecule has 1 N–H and O–H groups in total. The first-order valence-corrected chi connectivity index (χ1v) is 9.22. The highest BCUT2D eigenvalue weighted by atomic mass is 16.5. The predicted molar refractivity (Wildman–Crippen MR) is 101 cm³/mol. The molecule has 130 valence electrons. The van der Waals surface area contributed by atoms with Crippen molar-refractivity contribution in [2.24, 2.45) is 0 Å². The molecule has 0 saturated carbocycles. The van der Waals surface area contributed by atoms with E-state index in [0.717, 1.165) is 30.6 Å². The fourth-order valence-corrected chi connectivity index (χ4v) is 3.49. The van der Waals surface area contributed by atoms with Crippen LogP contribution < -0.4 is 4.74 Å². The van der Waals surface area contributed by atoms with Gasteiger partial charge in [-0.3, -0.25) is 0 Å². The first-order chi connectivity index (χ1) is 11.7. The van der Waals surface area contributed by atoms with E-state index in [-0.39, 0.29) is 11.2 Å². The van der Waals surface area contributed by atoms with Crippen LogP contribution in [0.5, 0.6) is 17.2 Å². The molecule has 2 nitrogen and oxygen atoms in total. The summed E-state index contributed by atoms with van der Waals surface area (Å²) in [7, 11) is 0. The summed E-state index contributed by atoms with van der Waals surface area (Å²) in [5.74, 6) is 1.59. The quantitative estimate of drug-likeness (QED) is 0.512. The van der Waals surface area contributed by atoms with Crippen LogP contribution in [0, 0.1) is 0 Å². The molecule has 0 unspecified atom stereocenters. The van der Waals surface area contributed by atoms with Crippen molar-refractivity contribution in [3.05, 3.63) is 54.1 Å². The number of aromatic hydroxyl groups is 1. The maximum Gasteiger partial charge on any atom is 0.172 e. The SMILES string of the molecule is CCCCCC(CC)(CC)c1cccc(O)c1Oc1ccccc1. The monoisotopic (exact) mass is 326 g/mol. The summed E-state index contributed by atoms with van der Waals surface area (Å²) in [5.41, 5.74) is 1.19. The number of unbranched alkanes of at least 4 members (excludes halogenated alkanes) is 2. The molecule has 0 aromatic heterocycles. The van der Waals surface area contributed by atoms with E-state index < -0.39 is 0 Å². The largest absolute Gasteiger partial charge is 0.504 e. The Kier molecular flexibility index (Phi) is 6.72. The van der Waals surface area contributed by atoms with Gasteiger partial charge in [-0.15, -0.1) is 0 Å². The average molecular weight is 326 g/mol. The lowest BCUT2D eigenvalue weighted by Crippen LogP contribution is -2.25. The Morgan fingerprint density at radius 1 is 0.875 bits per heavy atom. The Morgan fingerprint density at radius 3 is 2.21 bits per heavy atom. The van der Waals surface area contributed by atoms with Crippen molar-refractivity contribution < 1.29 is 9.84 Å². The maximum atomic E-state index is 10.5. The highest BCUT2D eigenvalue weighted by Gasteiger charge is 2.32. The van der Waals surface area contributed by atoms with Crippen molar-refractivity contribution in [1.29, 1.82) is 0 Å². The molecule has 0 bridgehead atoms. The van der Waals surface area contributed by atoms with Gasteiger partial charge in [0, 0.05) is 5.56 Å². The first-order valence-electron chi connectivity index (χ1n) is 9.22. The van der Waals surface area contributed by atoms with Gasteiger partial charge >= 0.3 is 0 Å². The van der Waals surface area contributed by atoms with Crippen LogP contribution >= 0.6 is 0 Å². The third kappa shape index (κ3) is 4.11. The van der Waals surface area contributed by atoms with Crippen LogP contribution in [-0.2, 0) is 5.41 Å². The normalized spacial score (nSPS) is 11.5. The van der Waals surface area contributed by atoms with E-state index in [4.69, 9.17) is 4.74 Å². The van der Waals surface area contributed by atoms with Crippen molar-refractivity contribution in [1.82, 2.24) is 0 Å². The lowest BCUT2D eigenvalue weighted by atomic mass is 9.71. The second-order valence-electron chi connectivity index (χ2n) is 6.51. The van der Waals surface area contributed by atoms with Gasteiger partial charge in [-0.25, -0.2) is 0 Å². The molecule has 0 radical (unpaired) electrons. The zero-order chi connectivity index (χ0) is 17.4. The van der Waals surface area contributed by atoms with Crippen LogP contribution in [0.3, 0.4) is 0 Å². The van der Waals surface area contributed by atoms with Gasteiger partial charge < -0.3 is 9.84 Å². The van der Waals surface area contributed by atoms with E-state index in [1.54, 1.807) is 6.07 Å². The molecule has 0 aliphatic carbocycles. The topological polar surface area (TPSA) is 29.5 Å². The number of rotatable bonds is 9. The zero-order valence-corrected chi connectivity index (χ0v) is 15.2. The fourth-order valence-electron chi connectivity index (χ4n) is 3.49. The third-order valence-electron chi connectivity index (χ3n) is 5.14. The molecule has 2 aromatic carbocycles. The van der Waals surface area contributed by atoms with Crippen molar-refractivity contribution in [3.8, 4) is 17.2 Å². The van der Waals surface area contributed by atoms with Gasteiger partial charge in [-0.2, -0.15) is 0 Å². The Labute approximate surface area is 146 Å². The summed E-state index contributed by atoms with van der Waals surface area (Å²) < 4.78 is 6.11.